The Balaban J connectivity index is 2.25. The van der Waals surface area contributed by atoms with Gasteiger partial charge in [-0.3, -0.25) is 4.68 Å². The standard InChI is InChI=1S/C16H24BrN3S/c1-5-12-9-13(20(7-3)19-12)10-14(18-6-2)15-8-11(4)16(17)21-15/h8-9,14,18H,5-7,10H2,1-4H3. The first kappa shape index (κ1) is 16.7. The Morgan fingerprint density at radius 2 is 2.10 bits per heavy atom. The monoisotopic (exact) mass is 369 g/mol. The molecule has 0 saturated heterocycles. The lowest BCUT2D eigenvalue weighted by molar-refractivity contribution is 0.521. The van der Waals surface area contributed by atoms with Gasteiger partial charge in [0.25, 0.3) is 0 Å². The van der Waals surface area contributed by atoms with Crippen LogP contribution in [-0.4, -0.2) is 16.3 Å². The van der Waals surface area contributed by atoms with Crippen molar-refractivity contribution in [3.05, 3.63) is 37.7 Å². The van der Waals surface area contributed by atoms with Crippen molar-refractivity contribution in [2.45, 2.75) is 53.1 Å². The molecule has 5 heteroatoms. The lowest BCUT2D eigenvalue weighted by Crippen LogP contribution is -2.23. The molecule has 2 rings (SSSR count). The summed E-state index contributed by atoms with van der Waals surface area (Å²) in [7, 11) is 0. The molecule has 0 aliphatic carbocycles. The molecule has 2 aromatic rings. The molecule has 1 atom stereocenters. The molecule has 3 nitrogen and oxygen atoms in total. The minimum atomic E-state index is 0.358. The smallest absolute Gasteiger partial charge is 0.0731 e. The molecule has 0 aliphatic rings. The molecule has 1 N–H and O–H groups in total. The van der Waals surface area contributed by atoms with E-state index in [9.17, 15) is 0 Å². The lowest BCUT2D eigenvalue weighted by atomic mass is 10.1. The summed E-state index contributed by atoms with van der Waals surface area (Å²) >= 11 is 5.47. The summed E-state index contributed by atoms with van der Waals surface area (Å²) < 4.78 is 3.37. The number of aryl methyl sites for hydroxylation is 3. The summed E-state index contributed by atoms with van der Waals surface area (Å²) in [4.78, 5) is 1.39. The Morgan fingerprint density at radius 3 is 2.62 bits per heavy atom. The van der Waals surface area contributed by atoms with E-state index in [2.05, 4.69) is 70.9 Å². The number of nitrogens with one attached hydrogen (secondary N) is 1. The van der Waals surface area contributed by atoms with Crippen LogP contribution in [0.15, 0.2) is 15.9 Å². The zero-order valence-electron chi connectivity index (χ0n) is 13.2. The zero-order chi connectivity index (χ0) is 15.4. The number of rotatable bonds is 7. The number of aromatic nitrogens is 2. The van der Waals surface area contributed by atoms with E-state index in [1.165, 1.54) is 25.6 Å². The second-order valence-corrected chi connectivity index (χ2v) is 7.62. The molecule has 0 amide bonds. The SMILES string of the molecule is CCNC(Cc1cc(CC)nn1CC)c1cc(C)c(Br)s1. The highest BCUT2D eigenvalue weighted by Gasteiger charge is 2.18. The van der Waals surface area contributed by atoms with E-state index in [4.69, 9.17) is 0 Å². The predicted molar refractivity (Wildman–Crippen MR) is 94.2 cm³/mol. The largest absolute Gasteiger partial charge is 0.309 e. The molecule has 0 fully saturated rings. The maximum Gasteiger partial charge on any atom is 0.0731 e. The predicted octanol–water partition coefficient (Wildman–Crippen LogP) is 4.49. The van der Waals surface area contributed by atoms with Crippen LogP contribution in [0.1, 0.15) is 48.6 Å². The molecule has 2 aromatic heterocycles. The van der Waals surface area contributed by atoms with Crippen LogP contribution in [0.3, 0.4) is 0 Å². The van der Waals surface area contributed by atoms with Crippen molar-refractivity contribution < 1.29 is 0 Å². The first-order valence-electron chi connectivity index (χ1n) is 7.63. The van der Waals surface area contributed by atoms with Crippen LogP contribution in [0.4, 0.5) is 0 Å². The molecule has 0 aliphatic heterocycles. The van der Waals surface area contributed by atoms with E-state index in [1.54, 1.807) is 0 Å². The van der Waals surface area contributed by atoms with Crippen LogP contribution in [0, 0.1) is 6.92 Å². The Kier molecular flexibility index (Phi) is 6.02. The average Bonchev–Trinajstić information content (AvgIpc) is 3.02. The number of nitrogens with zero attached hydrogens (tertiary/aromatic N) is 2. The van der Waals surface area contributed by atoms with E-state index in [0.29, 0.717) is 6.04 Å². The summed E-state index contributed by atoms with van der Waals surface area (Å²) in [6, 6.07) is 4.90. The molecule has 21 heavy (non-hydrogen) atoms. The molecular weight excluding hydrogens is 346 g/mol. The molecule has 0 aromatic carbocycles. The van der Waals surface area contributed by atoms with E-state index in [-0.39, 0.29) is 0 Å². The number of hydrogen-bond acceptors (Lipinski definition) is 3. The van der Waals surface area contributed by atoms with Gasteiger partial charge in [-0.25, -0.2) is 0 Å². The highest BCUT2D eigenvalue weighted by atomic mass is 79.9. The van der Waals surface area contributed by atoms with Gasteiger partial charge in [-0.15, -0.1) is 11.3 Å². The van der Waals surface area contributed by atoms with Crippen molar-refractivity contribution in [2.75, 3.05) is 6.54 Å². The first-order chi connectivity index (χ1) is 10.1. The van der Waals surface area contributed by atoms with Crippen LogP contribution in [0.2, 0.25) is 0 Å². The zero-order valence-corrected chi connectivity index (χ0v) is 15.6. The maximum atomic E-state index is 4.66. The molecule has 2 heterocycles. The van der Waals surface area contributed by atoms with Gasteiger partial charge in [-0.05, 0) is 60.4 Å². The third-order valence-electron chi connectivity index (χ3n) is 3.66. The third kappa shape index (κ3) is 3.96. The van der Waals surface area contributed by atoms with Gasteiger partial charge in [0.05, 0.1) is 9.48 Å². The first-order valence-corrected chi connectivity index (χ1v) is 9.24. The van der Waals surface area contributed by atoms with E-state index < -0.39 is 0 Å². The third-order valence-corrected chi connectivity index (χ3v) is 5.91. The molecule has 0 bridgehead atoms. The topological polar surface area (TPSA) is 29.9 Å². The minimum absolute atomic E-state index is 0.358. The fourth-order valence-corrected chi connectivity index (χ4v) is 4.16. The Bertz CT molecular complexity index is 569. The van der Waals surface area contributed by atoms with Crippen molar-refractivity contribution in [3.8, 4) is 0 Å². The number of halogens is 1. The van der Waals surface area contributed by atoms with Gasteiger partial charge in [-0.2, -0.15) is 5.10 Å². The molecule has 0 radical (unpaired) electrons. The Hall–Kier alpha value is -0.650. The van der Waals surface area contributed by atoms with Gasteiger partial charge in [-0.1, -0.05) is 13.8 Å². The number of likely N-dealkylation sites (N-methyl/N-ethyl adjacent to an activating group) is 1. The van der Waals surface area contributed by atoms with Crippen molar-refractivity contribution in [2.24, 2.45) is 0 Å². The van der Waals surface area contributed by atoms with Crippen molar-refractivity contribution >= 4 is 27.3 Å². The highest BCUT2D eigenvalue weighted by Crippen LogP contribution is 2.33. The van der Waals surface area contributed by atoms with Gasteiger partial charge < -0.3 is 5.32 Å². The Labute approximate surface area is 139 Å². The van der Waals surface area contributed by atoms with Gasteiger partial charge in [0.1, 0.15) is 0 Å². The second kappa shape index (κ2) is 7.56. The fraction of sp³-hybridized carbons (Fsp3) is 0.562. The summed E-state index contributed by atoms with van der Waals surface area (Å²) in [6.45, 7) is 10.5. The van der Waals surface area contributed by atoms with Crippen molar-refractivity contribution in [1.29, 1.82) is 0 Å². The molecule has 0 saturated carbocycles. The normalized spacial score (nSPS) is 12.8. The van der Waals surface area contributed by atoms with Gasteiger partial charge in [0.15, 0.2) is 0 Å². The maximum absolute atomic E-state index is 4.66. The van der Waals surface area contributed by atoms with Gasteiger partial charge in [0, 0.05) is 29.6 Å². The van der Waals surface area contributed by atoms with Crippen LogP contribution < -0.4 is 5.32 Å². The lowest BCUT2D eigenvalue weighted by Gasteiger charge is -2.17. The van der Waals surface area contributed by atoms with Gasteiger partial charge >= 0.3 is 0 Å². The summed E-state index contributed by atoms with van der Waals surface area (Å²) in [5.74, 6) is 0. The summed E-state index contributed by atoms with van der Waals surface area (Å²) in [5, 5.41) is 8.27. The van der Waals surface area contributed by atoms with Crippen LogP contribution >= 0.6 is 27.3 Å². The van der Waals surface area contributed by atoms with Crippen LogP contribution in [0.25, 0.3) is 0 Å². The summed E-state index contributed by atoms with van der Waals surface area (Å²) in [6.07, 6.45) is 1.98. The van der Waals surface area contributed by atoms with Crippen molar-refractivity contribution in [1.82, 2.24) is 15.1 Å². The summed E-state index contributed by atoms with van der Waals surface area (Å²) in [5.41, 5.74) is 3.82. The highest BCUT2D eigenvalue weighted by molar-refractivity contribution is 9.11. The van der Waals surface area contributed by atoms with Crippen LogP contribution in [0.5, 0.6) is 0 Å². The fourth-order valence-electron chi connectivity index (χ4n) is 2.51. The number of thiophene rings is 1. The van der Waals surface area contributed by atoms with Crippen LogP contribution in [-0.2, 0) is 19.4 Å². The quantitative estimate of drug-likeness (QED) is 0.778. The molecule has 1 unspecified atom stereocenters. The number of hydrogen-bond donors (Lipinski definition) is 1. The molecule has 0 spiro atoms. The average molecular weight is 370 g/mol. The van der Waals surface area contributed by atoms with E-state index in [0.717, 1.165) is 25.9 Å². The minimum Gasteiger partial charge on any atom is -0.309 e. The van der Waals surface area contributed by atoms with Gasteiger partial charge in [0.2, 0.25) is 0 Å². The molecule has 116 valence electrons. The van der Waals surface area contributed by atoms with E-state index in [1.807, 2.05) is 11.3 Å². The van der Waals surface area contributed by atoms with E-state index >= 15 is 0 Å². The second-order valence-electron chi connectivity index (χ2n) is 5.22. The Morgan fingerprint density at radius 1 is 1.33 bits per heavy atom. The van der Waals surface area contributed by atoms with Crippen molar-refractivity contribution in [3.63, 3.8) is 0 Å². The molecular formula is C16H24BrN3S.